The molecule has 3 N–H and O–H groups in total. The van der Waals surface area contributed by atoms with Crippen LogP contribution in [-0.2, 0) is 0 Å². The lowest BCUT2D eigenvalue weighted by Crippen LogP contribution is -2.20. The zero-order valence-electron chi connectivity index (χ0n) is 10.8. The van der Waals surface area contributed by atoms with Gasteiger partial charge in [0.1, 0.15) is 0 Å². The van der Waals surface area contributed by atoms with Crippen molar-refractivity contribution in [3.8, 4) is 0 Å². The lowest BCUT2D eigenvalue weighted by Gasteiger charge is -2.21. The molecule has 1 aliphatic carbocycles. The van der Waals surface area contributed by atoms with Gasteiger partial charge < -0.3 is 11.1 Å². The Kier molecular flexibility index (Phi) is 4.57. The smallest absolute Gasteiger partial charge is 0.0297 e. The predicted molar refractivity (Wildman–Crippen MR) is 73.1 cm³/mol. The standard InChI is InChI=1S/C15H24N2/c1-17-11-12-7-3-2-4-10-15(16)14-9-6-5-8-13(12)14/h5-6,8-9,12,15,17H,2-4,7,10-11,16H2,1H3. The van der Waals surface area contributed by atoms with E-state index in [4.69, 9.17) is 5.73 Å². The lowest BCUT2D eigenvalue weighted by molar-refractivity contribution is 0.534. The van der Waals surface area contributed by atoms with Gasteiger partial charge in [-0.2, -0.15) is 0 Å². The molecule has 2 atom stereocenters. The number of nitrogens with two attached hydrogens (primary N) is 1. The van der Waals surface area contributed by atoms with E-state index in [1.54, 1.807) is 0 Å². The molecule has 2 heteroatoms. The van der Waals surface area contributed by atoms with Gasteiger partial charge in [0.15, 0.2) is 0 Å². The Morgan fingerprint density at radius 1 is 1.12 bits per heavy atom. The lowest BCUT2D eigenvalue weighted by atomic mass is 9.88. The monoisotopic (exact) mass is 232 g/mol. The van der Waals surface area contributed by atoms with Crippen molar-refractivity contribution in [2.45, 2.75) is 44.1 Å². The maximum Gasteiger partial charge on any atom is 0.0297 e. The molecular weight excluding hydrogens is 208 g/mol. The predicted octanol–water partition coefficient (Wildman–Crippen LogP) is 2.95. The van der Waals surface area contributed by atoms with Gasteiger partial charge in [-0.25, -0.2) is 0 Å². The highest BCUT2D eigenvalue weighted by molar-refractivity contribution is 5.33. The summed E-state index contributed by atoms with van der Waals surface area (Å²) in [6, 6.07) is 8.97. The van der Waals surface area contributed by atoms with Crippen LogP contribution in [0.4, 0.5) is 0 Å². The van der Waals surface area contributed by atoms with E-state index in [0.717, 1.165) is 13.0 Å². The highest BCUT2D eigenvalue weighted by atomic mass is 14.8. The van der Waals surface area contributed by atoms with E-state index in [-0.39, 0.29) is 6.04 Å². The summed E-state index contributed by atoms with van der Waals surface area (Å²) in [5.41, 5.74) is 9.16. The molecule has 0 aromatic heterocycles. The van der Waals surface area contributed by atoms with Gasteiger partial charge in [0.05, 0.1) is 0 Å². The number of nitrogens with one attached hydrogen (secondary N) is 1. The fourth-order valence-electron chi connectivity index (χ4n) is 2.92. The van der Waals surface area contributed by atoms with E-state index in [2.05, 4.69) is 29.6 Å². The molecule has 0 amide bonds. The third-order valence-corrected chi connectivity index (χ3v) is 3.85. The van der Waals surface area contributed by atoms with Crippen molar-refractivity contribution in [3.63, 3.8) is 0 Å². The van der Waals surface area contributed by atoms with Crippen molar-refractivity contribution < 1.29 is 0 Å². The Balaban J connectivity index is 2.31. The van der Waals surface area contributed by atoms with Crippen molar-refractivity contribution in [3.05, 3.63) is 35.4 Å². The summed E-state index contributed by atoms with van der Waals surface area (Å²) in [4.78, 5) is 0. The molecule has 0 heterocycles. The van der Waals surface area contributed by atoms with Crippen molar-refractivity contribution in [1.82, 2.24) is 5.32 Å². The van der Waals surface area contributed by atoms with E-state index in [1.165, 1.54) is 36.8 Å². The van der Waals surface area contributed by atoms with Gasteiger partial charge in [-0.15, -0.1) is 0 Å². The minimum absolute atomic E-state index is 0.226. The molecule has 1 aromatic carbocycles. The third-order valence-electron chi connectivity index (χ3n) is 3.85. The molecule has 0 bridgehead atoms. The fourth-order valence-corrected chi connectivity index (χ4v) is 2.92. The van der Waals surface area contributed by atoms with Crippen LogP contribution in [0, 0.1) is 0 Å². The van der Waals surface area contributed by atoms with E-state index in [1.807, 2.05) is 7.05 Å². The first-order valence-electron chi connectivity index (χ1n) is 6.82. The van der Waals surface area contributed by atoms with Crippen molar-refractivity contribution in [2.75, 3.05) is 13.6 Å². The van der Waals surface area contributed by atoms with E-state index in [0.29, 0.717) is 5.92 Å². The minimum Gasteiger partial charge on any atom is -0.324 e. The fraction of sp³-hybridized carbons (Fsp3) is 0.600. The molecule has 1 aromatic rings. The van der Waals surface area contributed by atoms with Crippen LogP contribution in [0.1, 0.15) is 55.2 Å². The van der Waals surface area contributed by atoms with Crippen LogP contribution in [0.15, 0.2) is 24.3 Å². The average molecular weight is 232 g/mol. The molecule has 2 nitrogen and oxygen atoms in total. The first kappa shape index (κ1) is 12.6. The van der Waals surface area contributed by atoms with Crippen LogP contribution < -0.4 is 11.1 Å². The summed E-state index contributed by atoms with van der Waals surface area (Å²) in [6.07, 6.45) is 6.32. The molecule has 0 aliphatic heterocycles. The summed E-state index contributed by atoms with van der Waals surface area (Å²) < 4.78 is 0. The van der Waals surface area contributed by atoms with Gasteiger partial charge in [0, 0.05) is 12.6 Å². The Morgan fingerprint density at radius 2 is 1.82 bits per heavy atom. The highest BCUT2D eigenvalue weighted by Gasteiger charge is 2.19. The van der Waals surface area contributed by atoms with E-state index in [9.17, 15) is 0 Å². The maximum absolute atomic E-state index is 6.32. The first-order chi connectivity index (χ1) is 8.33. The Hall–Kier alpha value is -0.860. The van der Waals surface area contributed by atoms with Crippen LogP contribution in [0.3, 0.4) is 0 Å². The van der Waals surface area contributed by atoms with Gasteiger partial charge in [0.25, 0.3) is 0 Å². The van der Waals surface area contributed by atoms with Crippen molar-refractivity contribution >= 4 is 0 Å². The second-order valence-corrected chi connectivity index (χ2v) is 5.13. The second-order valence-electron chi connectivity index (χ2n) is 5.13. The van der Waals surface area contributed by atoms with Gasteiger partial charge in [-0.05, 0) is 36.9 Å². The number of likely N-dealkylation sites (N-methyl/N-ethyl adjacent to an activating group) is 1. The van der Waals surface area contributed by atoms with Gasteiger partial charge in [-0.3, -0.25) is 0 Å². The molecule has 1 aliphatic rings. The highest BCUT2D eigenvalue weighted by Crippen LogP contribution is 2.32. The Labute approximate surface area is 105 Å². The number of hydrogen-bond donors (Lipinski definition) is 2. The number of benzene rings is 1. The van der Waals surface area contributed by atoms with Crippen LogP contribution in [-0.4, -0.2) is 13.6 Å². The van der Waals surface area contributed by atoms with Gasteiger partial charge in [0.2, 0.25) is 0 Å². The van der Waals surface area contributed by atoms with Crippen LogP contribution in [0.2, 0.25) is 0 Å². The molecule has 0 spiro atoms. The Morgan fingerprint density at radius 3 is 2.59 bits per heavy atom. The van der Waals surface area contributed by atoms with Crippen LogP contribution >= 0.6 is 0 Å². The molecule has 94 valence electrons. The molecule has 2 unspecified atom stereocenters. The number of rotatable bonds is 2. The van der Waals surface area contributed by atoms with E-state index >= 15 is 0 Å². The quantitative estimate of drug-likeness (QED) is 0.822. The summed E-state index contributed by atoms with van der Waals surface area (Å²) in [5, 5.41) is 3.32. The summed E-state index contributed by atoms with van der Waals surface area (Å²) >= 11 is 0. The Bertz CT molecular complexity index is 349. The molecular formula is C15H24N2. The van der Waals surface area contributed by atoms with Crippen LogP contribution in [0.5, 0.6) is 0 Å². The molecule has 0 fully saturated rings. The molecule has 0 saturated heterocycles. The van der Waals surface area contributed by atoms with Gasteiger partial charge >= 0.3 is 0 Å². The zero-order chi connectivity index (χ0) is 12.1. The second kappa shape index (κ2) is 6.18. The topological polar surface area (TPSA) is 38.0 Å². The number of fused-ring (bicyclic) bond motifs is 1. The summed E-state index contributed by atoms with van der Waals surface area (Å²) in [6.45, 7) is 1.06. The SMILES string of the molecule is CNCC1CCCCCC(N)c2ccccc21. The van der Waals surface area contributed by atoms with Crippen LogP contribution in [0.25, 0.3) is 0 Å². The average Bonchev–Trinajstić information content (AvgIpc) is 2.43. The molecule has 0 saturated carbocycles. The normalized spacial score (nSPS) is 25.5. The summed E-state index contributed by atoms with van der Waals surface area (Å²) in [5.74, 6) is 0.625. The van der Waals surface area contributed by atoms with Crippen molar-refractivity contribution in [2.24, 2.45) is 5.73 Å². The van der Waals surface area contributed by atoms with Crippen molar-refractivity contribution in [1.29, 1.82) is 0 Å². The minimum atomic E-state index is 0.226. The number of hydrogen-bond acceptors (Lipinski definition) is 2. The third kappa shape index (κ3) is 3.08. The largest absolute Gasteiger partial charge is 0.324 e. The molecule has 2 rings (SSSR count). The molecule has 17 heavy (non-hydrogen) atoms. The zero-order valence-corrected chi connectivity index (χ0v) is 10.8. The van der Waals surface area contributed by atoms with E-state index < -0.39 is 0 Å². The maximum atomic E-state index is 6.32. The van der Waals surface area contributed by atoms with Gasteiger partial charge in [-0.1, -0.05) is 43.5 Å². The molecule has 0 radical (unpaired) electrons. The summed E-state index contributed by atoms with van der Waals surface area (Å²) in [7, 11) is 2.04. The first-order valence-corrected chi connectivity index (χ1v) is 6.82.